The first-order valence-corrected chi connectivity index (χ1v) is 6.64. The molecule has 0 spiro atoms. The highest BCUT2D eigenvalue weighted by atomic mass is 32.1. The first-order valence-electron chi connectivity index (χ1n) is 5.76. The molecule has 1 fully saturated rings. The highest BCUT2D eigenvalue weighted by molar-refractivity contribution is 7.09. The van der Waals surface area contributed by atoms with Gasteiger partial charge in [0.05, 0.1) is 16.8 Å². The fraction of sp³-hybridized carbons (Fsp3) is 0.750. The van der Waals surface area contributed by atoms with Crippen LogP contribution in [-0.4, -0.2) is 16.2 Å². The highest BCUT2D eigenvalue weighted by Crippen LogP contribution is 2.34. The molecule has 0 bridgehead atoms. The Morgan fingerprint density at radius 3 is 2.93 bits per heavy atom. The summed E-state index contributed by atoms with van der Waals surface area (Å²) in [4.78, 5) is 4.41. The fourth-order valence-electron chi connectivity index (χ4n) is 2.61. The van der Waals surface area contributed by atoms with Gasteiger partial charge in [0.2, 0.25) is 0 Å². The molecule has 84 valence electrons. The molecule has 0 saturated heterocycles. The van der Waals surface area contributed by atoms with Crippen molar-refractivity contribution in [1.29, 1.82) is 0 Å². The SMILES string of the molecule is Cc1nc(CC(O)C2CCCC2C)cs1. The van der Waals surface area contributed by atoms with Crippen molar-refractivity contribution in [3.8, 4) is 0 Å². The largest absolute Gasteiger partial charge is 0.392 e. The lowest BCUT2D eigenvalue weighted by Gasteiger charge is -2.21. The lowest BCUT2D eigenvalue weighted by molar-refractivity contribution is 0.0894. The van der Waals surface area contributed by atoms with E-state index in [2.05, 4.69) is 17.3 Å². The first-order chi connectivity index (χ1) is 7.16. The smallest absolute Gasteiger partial charge is 0.0897 e. The molecular weight excluding hydrogens is 206 g/mol. The zero-order chi connectivity index (χ0) is 10.8. The van der Waals surface area contributed by atoms with Crippen molar-refractivity contribution in [3.05, 3.63) is 16.1 Å². The third-order valence-electron chi connectivity index (χ3n) is 3.51. The normalized spacial score (nSPS) is 28.2. The van der Waals surface area contributed by atoms with Crippen LogP contribution in [-0.2, 0) is 6.42 Å². The fourth-order valence-corrected chi connectivity index (χ4v) is 3.24. The maximum atomic E-state index is 10.1. The molecule has 1 heterocycles. The van der Waals surface area contributed by atoms with Gasteiger partial charge >= 0.3 is 0 Å². The molecule has 1 saturated carbocycles. The van der Waals surface area contributed by atoms with Crippen molar-refractivity contribution in [1.82, 2.24) is 4.98 Å². The molecule has 3 heteroatoms. The van der Waals surface area contributed by atoms with E-state index < -0.39 is 0 Å². The second-order valence-electron chi connectivity index (χ2n) is 4.70. The molecule has 0 aromatic carbocycles. The van der Waals surface area contributed by atoms with Crippen molar-refractivity contribution in [2.24, 2.45) is 11.8 Å². The number of thiazole rings is 1. The lowest BCUT2D eigenvalue weighted by Crippen LogP contribution is -2.24. The number of hydrogen-bond donors (Lipinski definition) is 1. The van der Waals surface area contributed by atoms with E-state index in [0.717, 1.165) is 17.1 Å². The number of hydrogen-bond acceptors (Lipinski definition) is 3. The van der Waals surface area contributed by atoms with E-state index in [0.29, 0.717) is 11.8 Å². The lowest BCUT2D eigenvalue weighted by atomic mass is 9.90. The Balaban J connectivity index is 1.94. The molecule has 1 aliphatic carbocycles. The summed E-state index contributed by atoms with van der Waals surface area (Å²) in [6.45, 7) is 4.27. The van der Waals surface area contributed by atoms with Crippen molar-refractivity contribution in [2.45, 2.75) is 45.6 Å². The average Bonchev–Trinajstić information content (AvgIpc) is 2.75. The Hall–Kier alpha value is -0.410. The van der Waals surface area contributed by atoms with Crippen LogP contribution >= 0.6 is 11.3 Å². The summed E-state index contributed by atoms with van der Waals surface area (Å²) < 4.78 is 0. The van der Waals surface area contributed by atoms with Crippen LogP contribution in [0.25, 0.3) is 0 Å². The molecule has 0 radical (unpaired) electrons. The van der Waals surface area contributed by atoms with E-state index >= 15 is 0 Å². The van der Waals surface area contributed by atoms with Crippen LogP contribution in [0, 0.1) is 18.8 Å². The number of aromatic nitrogens is 1. The second-order valence-corrected chi connectivity index (χ2v) is 5.76. The highest BCUT2D eigenvalue weighted by Gasteiger charge is 2.29. The van der Waals surface area contributed by atoms with Gasteiger partial charge in [-0.25, -0.2) is 4.98 Å². The third kappa shape index (κ3) is 2.58. The molecule has 1 aromatic rings. The minimum Gasteiger partial charge on any atom is -0.392 e. The van der Waals surface area contributed by atoms with Crippen LogP contribution in [0.5, 0.6) is 0 Å². The molecule has 1 N–H and O–H groups in total. The van der Waals surface area contributed by atoms with Gasteiger partial charge in [0.25, 0.3) is 0 Å². The van der Waals surface area contributed by atoms with Gasteiger partial charge in [-0.1, -0.05) is 19.8 Å². The summed E-state index contributed by atoms with van der Waals surface area (Å²) in [5.41, 5.74) is 1.06. The summed E-state index contributed by atoms with van der Waals surface area (Å²) in [5, 5.41) is 13.3. The third-order valence-corrected chi connectivity index (χ3v) is 4.33. The van der Waals surface area contributed by atoms with Crippen LogP contribution in [0.2, 0.25) is 0 Å². The van der Waals surface area contributed by atoms with Gasteiger partial charge in [0.1, 0.15) is 0 Å². The van der Waals surface area contributed by atoms with Crippen molar-refractivity contribution in [3.63, 3.8) is 0 Å². The van der Waals surface area contributed by atoms with Gasteiger partial charge in [-0.05, 0) is 25.2 Å². The Kier molecular flexibility index (Phi) is 3.42. The molecular formula is C12H19NOS. The number of aliphatic hydroxyl groups excluding tert-OH is 1. The molecule has 1 aromatic heterocycles. The summed E-state index contributed by atoms with van der Waals surface area (Å²) in [7, 11) is 0. The Morgan fingerprint density at radius 2 is 2.40 bits per heavy atom. The molecule has 3 atom stereocenters. The molecule has 3 unspecified atom stereocenters. The zero-order valence-corrected chi connectivity index (χ0v) is 10.3. The van der Waals surface area contributed by atoms with Gasteiger partial charge < -0.3 is 5.11 Å². The van der Waals surface area contributed by atoms with E-state index in [1.165, 1.54) is 19.3 Å². The maximum Gasteiger partial charge on any atom is 0.0897 e. The number of rotatable bonds is 3. The van der Waals surface area contributed by atoms with Crippen LogP contribution in [0.1, 0.15) is 36.9 Å². The van der Waals surface area contributed by atoms with Gasteiger partial charge in [-0.3, -0.25) is 0 Å². The van der Waals surface area contributed by atoms with E-state index in [9.17, 15) is 5.11 Å². The van der Waals surface area contributed by atoms with Gasteiger partial charge in [0, 0.05) is 11.8 Å². The molecule has 2 nitrogen and oxygen atoms in total. The second kappa shape index (κ2) is 4.62. The number of aryl methyl sites for hydroxylation is 1. The predicted molar refractivity (Wildman–Crippen MR) is 63.1 cm³/mol. The van der Waals surface area contributed by atoms with Crippen LogP contribution in [0.4, 0.5) is 0 Å². The Labute approximate surface area is 95.4 Å². The van der Waals surface area contributed by atoms with Crippen molar-refractivity contribution >= 4 is 11.3 Å². The van der Waals surface area contributed by atoms with Gasteiger partial charge in [-0.2, -0.15) is 0 Å². The van der Waals surface area contributed by atoms with Gasteiger partial charge in [0.15, 0.2) is 0 Å². The van der Waals surface area contributed by atoms with E-state index in [1.54, 1.807) is 11.3 Å². The maximum absolute atomic E-state index is 10.1. The Morgan fingerprint density at radius 1 is 1.60 bits per heavy atom. The van der Waals surface area contributed by atoms with Crippen molar-refractivity contribution < 1.29 is 5.11 Å². The first kappa shape index (κ1) is 11.1. The van der Waals surface area contributed by atoms with Crippen LogP contribution in [0.15, 0.2) is 5.38 Å². The van der Waals surface area contributed by atoms with Gasteiger partial charge in [-0.15, -0.1) is 11.3 Å². The molecule has 0 aliphatic heterocycles. The number of nitrogens with zero attached hydrogens (tertiary/aromatic N) is 1. The summed E-state index contributed by atoms with van der Waals surface area (Å²) in [6.07, 6.45) is 4.28. The number of aliphatic hydroxyl groups is 1. The predicted octanol–water partition coefficient (Wildman–Crippen LogP) is 2.79. The monoisotopic (exact) mass is 225 g/mol. The zero-order valence-electron chi connectivity index (χ0n) is 9.44. The minimum absolute atomic E-state index is 0.191. The van der Waals surface area contributed by atoms with E-state index in [4.69, 9.17) is 0 Å². The molecule has 15 heavy (non-hydrogen) atoms. The Bertz CT molecular complexity index is 323. The quantitative estimate of drug-likeness (QED) is 0.858. The molecule has 1 aliphatic rings. The minimum atomic E-state index is -0.191. The van der Waals surface area contributed by atoms with Crippen LogP contribution in [0.3, 0.4) is 0 Å². The standard InChI is InChI=1S/C12H19NOS/c1-8-4-3-5-11(8)12(14)6-10-7-15-9(2)13-10/h7-8,11-12,14H,3-6H2,1-2H3. The topological polar surface area (TPSA) is 33.1 Å². The average molecular weight is 225 g/mol. The van der Waals surface area contributed by atoms with E-state index in [-0.39, 0.29) is 6.10 Å². The van der Waals surface area contributed by atoms with E-state index in [1.807, 2.05) is 6.92 Å². The summed E-state index contributed by atoms with van der Waals surface area (Å²) in [6, 6.07) is 0. The van der Waals surface area contributed by atoms with Crippen LogP contribution < -0.4 is 0 Å². The molecule has 2 rings (SSSR count). The molecule has 0 amide bonds. The summed E-state index contributed by atoms with van der Waals surface area (Å²) >= 11 is 1.67. The summed E-state index contributed by atoms with van der Waals surface area (Å²) in [5.74, 6) is 1.17. The van der Waals surface area contributed by atoms with Crippen molar-refractivity contribution in [2.75, 3.05) is 0 Å².